The smallest absolute Gasteiger partial charge is 0.307 e. The van der Waals surface area contributed by atoms with Crippen molar-refractivity contribution in [1.82, 2.24) is 0 Å². The molecule has 2 aromatic carbocycles. The molecule has 8 heteroatoms. The van der Waals surface area contributed by atoms with Crippen molar-refractivity contribution in [2.75, 3.05) is 17.7 Å². The highest BCUT2D eigenvalue weighted by molar-refractivity contribution is 8.00. The standard InChI is InChI=1S/C25H28N2O5S/c1-3-22(24(29)27-20-13-6-7-14-21(20)32-2)33-17-10-8-9-16(15-17)26-23(28)18-11-4-5-12-19(18)25(30)31/h4-10,13-15,18-19,22H,3,11-12H2,1-2H3,(H,26,28)(H,27,29)(H,30,31). The van der Waals surface area contributed by atoms with Gasteiger partial charge in [0.15, 0.2) is 0 Å². The third-order valence-corrected chi connectivity index (χ3v) is 6.85. The number of benzene rings is 2. The van der Waals surface area contributed by atoms with Crippen LogP contribution in [-0.4, -0.2) is 35.2 Å². The number of carboxylic acid groups (broad SMARTS) is 1. The Kier molecular flexibility index (Phi) is 8.54. The van der Waals surface area contributed by atoms with Gasteiger partial charge in [-0.15, -0.1) is 11.8 Å². The first-order valence-electron chi connectivity index (χ1n) is 10.8. The van der Waals surface area contributed by atoms with Gasteiger partial charge in [-0.25, -0.2) is 0 Å². The fourth-order valence-electron chi connectivity index (χ4n) is 3.71. The minimum Gasteiger partial charge on any atom is -0.495 e. The van der Waals surface area contributed by atoms with Gasteiger partial charge in [0.25, 0.3) is 0 Å². The summed E-state index contributed by atoms with van der Waals surface area (Å²) in [6.07, 6.45) is 5.01. The van der Waals surface area contributed by atoms with Gasteiger partial charge < -0.3 is 20.5 Å². The molecule has 0 aromatic heterocycles. The molecule has 0 heterocycles. The molecule has 3 N–H and O–H groups in total. The lowest BCUT2D eigenvalue weighted by Crippen LogP contribution is -2.34. The van der Waals surface area contributed by atoms with E-state index < -0.39 is 17.8 Å². The Balaban J connectivity index is 1.66. The molecule has 0 bridgehead atoms. The number of methoxy groups -OCH3 is 1. The molecule has 3 atom stereocenters. The third-order valence-electron chi connectivity index (χ3n) is 5.49. The molecule has 174 valence electrons. The van der Waals surface area contributed by atoms with Crippen LogP contribution in [0.2, 0.25) is 0 Å². The highest BCUT2D eigenvalue weighted by atomic mass is 32.2. The lowest BCUT2D eigenvalue weighted by atomic mass is 9.82. The molecule has 2 amide bonds. The molecule has 0 radical (unpaired) electrons. The van der Waals surface area contributed by atoms with E-state index in [-0.39, 0.29) is 17.1 Å². The van der Waals surface area contributed by atoms with Gasteiger partial charge in [0.1, 0.15) is 5.75 Å². The van der Waals surface area contributed by atoms with Crippen LogP contribution < -0.4 is 15.4 Å². The average Bonchev–Trinajstić information content (AvgIpc) is 2.83. The topological polar surface area (TPSA) is 105 Å². The zero-order chi connectivity index (χ0) is 23.8. The van der Waals surface area contributed by atoms with E-state index in [1.165, 1.54) is 11.8 Å². The molecular weight excluding hydrogens is 440 g/mol. The second-order valence-electron chi connectivity index (χ2n) is 7.72. The van der Waals surface area contributed by atoms with Gasteiger partial charge in [0.2, 0.25) is 11.8 Å². The number of anilines is 2. The predicted molar refractivity (Wildman–Crippen MR) is 130 cm³/mol. The zero-order valence-electron chi connectivity index (χ0n) is 18.6. The van der Waals surface area contributed by atoms with E-state index in [1.807, 2.05) is 31.2 Å². The number of para-hydroxylation sites is 2. The molecule has 7 nitrogen and oxygen atoms in total. The number of nitrogens with one attached hydrogen (secondary N) is 2. The van der Waals surface area contributed by atoms with Crippen molar-refractivity contribution < 1.29 is 24.2 Å². The van der Waals surface area contributed by atoms with Crippen molar-refractivity contribution in [1.29, 1.82) is 0 Å². The summed E-state index contributed by atoms with van der Waals surface area (Å²) in [6, 6.07) is 14.5. The maximum absolute atomic E-state index is 12.9. The van der Waals surface area contributed by atoms with E-state index in [0.29, 0.717) is 36.4 Å². The van der Waals surface area contributed by atoms with Gasteiger partial charge in [-0.2, -0.15) is 0 Å². The maximum atomic E-state index is 12.9. The lowest BCUT2D eigenvalue weighted by molar-refractivity contribution is -0.146. The molecular formula is C25H28N2O5S. The van der Waals surface area contributed by atoms with Crippen LogP contribution in [0.1, 0.15) is 26.2 Å². The van der Waals surface area contributed by atoms with Gasteiger partial charge in [-0.05, 0) is 49.6 Å². The van der Waals surface area contributed by atoms with E-state index in [4.69, 9.17) is 4.74 Å². The number of amides is 2. The minimum absolute atomic E-state index is 0.139. The third kappa shape index (κ3) is 6.38. The monoisotopic (exact) mass is 468 g/mol. The van der Waals surface area contributed by atoms with Crippen molar-refractivity contribution in [2.45, 2.75) is 36.3 Å². The van der Waals surface area contributed by atoms with Crippen molar-refractivity contribution in [3.05, 3.63) is 60.7 Å². The van der Waals surface area contributed by atoms with Gasteiger partial charge >= 0.3 is 5.97 Å². The Labute approximate surface area is 197 Å². The molecule has 3 unspecified atom stereocenters. The van der Waals surface area contributed by atoms with E-state index in [1.54, 1.807) is 43.5 Å². The first-order valence-corrected chi connectivity index (χ1v) is 11.7. The molecule has 0 saturated heterocycles. The Morgan fingerprint density at radius 2 is 1.79 bits per heavy atom. The largest absolute Gasteiger partial charge is 0.495 e. The van der Waals surface area contributed by atoms with E-state index in [9.17, 15) is 19.5 Å². The van der Waals surface area contributed by atoms with E-state index >= 15 is 0 Å². The van der Waals surface area contributed by atoms with Crippen LogP contribution in [0.3, 0.4) is 0 Å². The summed E-state index contributed by atoms with van der Waals surface area (Å²) in [4.78, 5) is 37.9. The Bertz CT molecular complexity index is 1040. The van der Waals surface area contributed by atoms with Gasteiger partial charge in [-0.1, -0.05) is 37.3 Å². The molecule has 33 heavy (non-hydrogen) atoms. The first kappa shape index (κ1) is 24.4. The van der Waals surface area contributed by atoms with E-state index in [0.717, 1.165) is 4.90 Å². The number of thioether (sulfide) groups is 1. The SMILES string of the molecule is CCC(Sc1cccc(NC(=O)C2CC=CCC2C(=O)O)c1)C(=O)Nc1ccccc1OC. The summed E-state index contributed by atoms with van der Waals surface area (Å²) in [5.74, 6) is -2.16. The average molecular weight is 469 g/mol. The van der Waals surface area contributed by atoms with Gasteiger partial charge in [0.05, 0.1) is 29.9 Å². The van der Waals surface area contributed by atoms with Crippen molar-refractivity contribution in [2.24, 2.45) is 11.8 Å². The van der Waals surface area contributed by atoms with Crippen LogP contribution in [0.5, 0.6) is 5.75 Å². The van der Waals surface area contributed by atoms with Gasteiger partial charge in [-0.3, -0.25) is 14.4 Å². The summed E-state index contributed by atoms with van der Waals surface area (Å²) in [5, 5.41) is 14.8. The Hall–Kier alpha value is -3.26. The van der Waals surface area contributed by atoms with Gasteiger partial charge in [0, 0.05) is 10.6 Å². The van der Waals surface area contributed by atoms with Crippen LogP contribution >= 0.6 is 11.8 Å². The lowest BCUT2D eigenvalue weighted by Gasteiger charge is -2.24. The Morgan fingerprint density at radius 1 is 1.06 bits per heavy atom. The normalized spacial score (nSPS) is 18.2. The highest BCUT2D eigenvalue weighted by Crippen LogP contribution is 2.31. The number of ether oxygens (including phenoxy) is 1. The summed E-state index contributed by atoms with van der Waals surface area (Å²) in [7, 11) is 1.55. The maximum Gasteiger partial charge on any atom is 0.307 e. The number of carboxylic acids is 1. The first-order chi connectivity index (χ1) is 15.9. The van der Waals surface area contributed by atoms with Crippen molar-refractivity contribution in [3.63, 3.8) is 0 Å². The summed E-state index contributed by atoms with van der Waals surface area (Å²) < 4.78 is 5.30. The van der Waals surface area contributed by atoms with Crippen LogP contribution in [-0.2, 0) is 14.4 Å². The number of rotatable bonds is 9. The minimum atomic E-state index is -0.962. The fraction of sp³-hybridized carbons (Fsp3) is 0.320. The molecule has 0 aliphatic heterocycles. The highest BCUT2D eigenvalue weighted by Gasteiger charge is 2.34. The van der Waals surface area contributed by atoms with Crippen molar-refractivity contribution in [3.8, 4) is 5.75 Å². The molecule has 0 saturated carbocycles. The van der Waals surface area contributed by atoms with Crippen LogP contribution in [0, 0.1) is 11.8 Å². The number of hydrogen-bond acceptors (Lipinski definition) is 5. The number of aliphatic carboxylic acids is 1. The molecule has 1 aliphatic rings. The summed E-state index contributed by atoms with van der Waals surface area (Å²) >= 11 is 1.40. The second-order valence-corrected chi connectivity index (χ2v) is 8.99. The number of hydrogen-bond donors (Lipinski definition) is 3. The molecule has 0 spiro atoms. The quantitative estimate of drug-likeness (QED) is 0.360. The molecule has 3 rings (SSSR count). The number of allylic oxidation sites excluding steroid dienone is 2. The predicted octanol–water partition coefficient (Wildman–Crippen LogP) is 4.81. The zero-order valence-corrected chi connectivity index (χ0v) is 19.4. The summed E-state index contributed by atoms with van der Waals surface area (Å²) in [5.41, 5.74) is 1.18. The number of carbonyl (C=O) groups is 3. The van der Waals surface area contributed by atoms with Crippen LogP contribution in [0.15, 0.2) is 65.6 Å². The Morgan fingerprint density at radius 3 is 2.48 bits per heavy atom. The number of carbonyl (C=O) groups excluding carboxylic acids is 2. The van der Waals surface area contributed by atoms with Crippen LogP contribution in [0.25, 0.3) is 0 Å². The molecule has 1 aliphatic carbocycles. The fourth-order valence-corrected chi connectivity index (χ4v) is 4.72. The molecule has 2 aromatic rings. The van der Waals surface area contributed by atoms with E-state index in [2.05, 4.69) is 10.6 Å². The van der Waals surface area contributed by atoms with Crippen molar-refractivity contribution >= 4 is 40.9 Å². The van der Waals surface area contributed by atoms with Crippen LogP contribution in [0.4, 0.5) is 11.4 Å². The second kappa shape index (κ2) is 11.6. The molecule has 0 fully saturated rings. The summed E-state index contributed by atoms with van der Waals surface area (Å²) in [6.45, 7) is 1.94.